The van der Waals surface area contributed by atoms with Gasteiger partial charge in [0, 0.05) is 22.2 Å². The van der Waals surface area contributed by atoms with Gasteiger partial charge in [-0.25, -0.2) is 0 Å². The summed E-state index contributed by atoms with van der Waals surface area (Å²) in [6, 6.07) is 14.9. The van der Waals surface area contributed by atoms with Gasteiger partial charge in [0.05, 0.1) is 12.4 Å². The average molecular weight is 413 g/mol. The molecule has 1 aliphatic carbocycles. The second-order valence-corrected chi connectivity index (χ2v) is 8.74. The molecule has 6 heteroatoms. The fourth-order valence-electron chi connectivity index (χ4n) is 3.43. The Morgan fingerprint density at radius 1 is 1.00 bits per heavy atom. The standard InChI is InChI=1S/C23H28N2O3S/c1-16(22(26)24-18-11-13-20(28-2)14-12-18)29-21-10-6-9-19(15-21)25-23(27)17-7-4-3-5-8-17/h6,9-17H,3-5,7-8H2,1-2H3,(H,24,26)(H,25,27). The van der Waals surface area contributed by atoms with Crippen molar-refractivity contribution in [2.24, 2.45) is 5.92 Å². The molecule has 1 atom stereocenters. The topological polar surface area (TPSA) is 67.4 Å². The predicted molar refractivity (Wildman–Crippen MR) is 119 cm³/mol. The molecule has 0 aromatic heterocycles. The molecule has 1 unspecified atom stereocenters. The van der Waals surface area contributed by atoms with Crippen LogP contribution in [-0.2, 0) is 9.59 Å². The van der Waals surface area contributed by atoms with E-state index in [2.05, 4.69) is 10.6 Å². The van der Waals surface area contributed by atoms with E-state index in [4.69, 9.17) is 4.74 Å². The quantitative estimate of drug-likeness (QED) is 0.603. The summed E-state index contributed by atoms with van der Waals surface area (Å²) in [5.74, 6) is 0.903. The predicted octanol–water partition coefficient (Wildman–Crippen LogP) is 5.33. The monoisotopic (exact) mass is 412 g/mol. The molecule has 0 bridgehead atoms. The van der Waals surface area contributed by atoms with Crippen molar-refractivity contribution in [2.75, 3.05) is 17.7 Å². The fourth-order valence-corrected chi connectivity index (χ4v) is 4.36. The third-order valence-corrected chi connectivity index (χ3v) is 6.21. The van der Waals surface area contributed by atoms with E-state index in [0.29, 0.717) is 0 Å². The van der Waals surface area contributed by atoms with Gasteiger partial charge in [-0.05, 0) is 62.2 Å². The molecular weight excluding hydrogens is 384 g/mol. The number of methoxy groups -OCH3 is 1. The first-order valence-electron chi connectivity index (χ1n) is 10.1. The van der Waals surface area contributed by atoms with Crippen molar-refractivity contribution in [3.63, 3.8) is 0 Å². The van der Waals surface area contributed by atoms with Crippen LogP contribution < -0.4 is 15.4 Å². The minimum absolute atomic E-state index is 0.0724. The van der Waals surface area contributed by atoms with Crippen LogP contribution in [0.25, 0.3) is 0 Å². The van der Waals surface area contributed by atoms with Gasteiger partial charge in [-0.3, -0.25) is 9.59 Å². The molecule has 154 valence electrons. The molecule has 5 nitrogen and oxygen atoms in total. The Morgan fingerprint density at radius 3 is 2.41 bits per heavy atom. The maximum Gasteiger partial charge on any atom is 0.237 e. The first-order chi connectivity index (χ1) is 14.0. The lowest BCUT2D eigenvalue weighted by atomic mass is 9.88. The molecule has 1 fully saturated rings. The van der Waals surface area contributed by atoms with Gasteiger partial charge >= 0.3 is 0 Å². The van der Waals surface area contributed by atoms with Crippen LogP contribution in [0.5, 0.6) is 5.75 Å². The Labute approximate surface area is 176 Å². The van der Waals surface area contributed by atoms with Crippen LogP contribution >= 0.6 is 11.8 Å². The van der Waals surface area contributed by atoms with Gasteiger partial charge in [0.25, 0.3) is 0 Å². The van der Waals surface area contributed by atoms with Crippen molar-refractivity contribution >= 4 is 35.0 Å². The lowest BCUT2D eigenvalue weighted by Gasteiger charge is -2.21. The molecule has 1 aliphatic rings. The first kappa shape index (κ1) is 21.2. The van der Waals surface area contributed by atoms with Gasteiger partial charge in [-0.1, -0.05) is 25.3 Å². The van der Waals surface area contributed by atoms with Crippen molar-refractivity contribution in [3.8, 4) is 5.75 Å². The largest absolute Gasteiger partial charge is 0.497 e. The Kier molecular flexibility index (Phi) is 7.58. The smallest absolute Gasteiger partial charge is 0.237 e. The molecule has 29 heavy (non-hydrogen) atoms. The highest BCUT2D eigenvalue weighted by Gasteiger charge is 2.21. The Balaban J connectivity index is 1.55. The zero-order valence-corrected chi connectivity index (χ0v) is 17.8. The zero-order chi connectivity index (χ0) is 20.6. The van der Waals surface area contributed by atoms with E-state index < -0.39 is 0 Å². The molecular formula is C23H28N2O3S. The molecule has 2 N–H and O–H groups in total. The van der Waals surface area contributed by atoms with E-state index in [1.165, 1.54) is 18.2 Å². The average Bonchev–Trinajstić information content (AvgIpc) is 2.75. The Hall–Kier alpha value is -2.47. The maximum absolute atomic E-state index is 12.5. The van der Waals surface area contributed by atoms with Gasteiger partial charge < -0.3 is 15.4 Å². The number of benzene rings is 2. The van der Waals surface area contributed by atoms with Crippen LogP contribution in [0.4, 0.5) is 11.4 Å². The minimum Gasteiger partial charge on any atom is -0.497 e. The summed E-state index contributed by atoms with van der Waals surface area (Å²) in [5, 5.41) is 5.68. The van der Waals surface area contributed by atoms with E-state index in [1.807, 2.05) is 55.5 Å². The second-order valence-electron chi connectivity index (χ2n) is 7.33. The third kappa shape index (κ3) is 6.26. The number of amides is 2. The molecule has 1 saturated carbocycles. The number of rotatable bonds is 7. The van der Waals surface area contributed by atoms with Crippen molar-refractivity contribution in [2.45, 2.75) is 49.2 Å². The van der Waals surface area contributed by atoms with Gasteiger partial charge in [0.1, 0.15) is 5.75 Å². The summed E-state index contributed by atoms with van der Waals surface area (Å²) in [5.41, 5.74) is 1.52. The highest BCUT2D eigenvalue weighted by molar-refractivity contribution is 8.00. The van der Waals surface area contributed by atoms with Crippen LogP contribution in [0.1, 0.15) is 39.0 Å². The first-order valence-corrected chi connectivity index (χ1v) is 11.0. The fraction of sp³-hybridized carbons (Fsp3) is 0.391. The van der Waals surface area contributed by atoms with Gasteiger partial charge in [0.2, 0.25) is 11.8 Å². The lowest BCUT2D eigenvalue weighted by molar-refractivity contribution is -0.120. The number of anilines is 2. The third-order valence-electron chi connectivity index (χ3n) is 5.12. The molecule has 2 amide bonds. The molecule has 0 aliphatic heterocycles. The molecule has 0 saturated heterocycles. The minimum atomic E-state index is -0.276. The maximum atomic E-state index is 12.5. The summed E-state index contributed by atoms with van der Waals surface area (Å²) in [6.45, 7) is 1.87. The number of nitrogens with one attached hydrogen (secondary N) is 2. The summed E-state index contributed by atoms with van der Waals surface area (Å²) < 4.78 is 5.13. The zero-order valence-electron chi connectivity index (χ0n) is 16.9. The van der Waals surface area contributed by atoms with Crippen molar-refractivity contribution in [1.82, 2.24) is 0 Å². The summed E-state index contributed by atoms with van der Waals surface area (Å²) in [6.07, 6.45) is 5.45. The number of carbonyl (C=O) groups excluding carboxylic acids is 2. The Morgan fingerprint density at radius 2 is 1.72 bits per heavy atom. The van der Waals surface area contributed by atoms with Crippen LogP contribution in [0.3, 0.4) is 0 Å². The highest BCUT2D eigenvalue weighted by Crippen LogP contribution is 2.28. The SMILES string of the molecule is COc1ccc(NC(=O)C(C)Sc2cccc(NC(=O)C3CCCCC3)c2)cc1. The highest BCUT2D eigenvalue weighted by atomic mass is 32.2. The van der Waals surface area contributed by atoms with Crippen molar-refractivity contribution in [3.05, 3.63) is 48.5 Å². The normalized spacial score (nSPS) is 15.4. The van der Waals surface area contributed by atoms with E-state index in [9.17, 15) is 9.59 Å². The summed E-state index contributed by atoms with van der Waals surface area (Å²) >= 11 is 1.47. The summed E-state index contributed by atoms with van der Waals surface area (Å²) in [4.78, 5) is 25.9. The van der Waals surface area contributed by atoms with Crippen LogP contribution in [-0.4, -0.2) is 24.2 Å². The van der Waals surface area contributed by atoms with E-state index in [1.54, 1.807) is 7.11 Å². The van der Waals surface area contributed by atoms with Crippen LogP contribution in [0, 0.1) is 5.92 Å². The molecule has 0 radical (unpaired) electrons. The van der Waals surface area contributed by atoms with E-state index >= 15 is 0 Å². The number of ether oxygens (including phenoxy) is 1. The van der Waals surface area contributed by atoms with Crippen molar-refractivity contribution in [1.29, 1.82) is 0 Å². The van der Waals surface area contributed by atoms with Gasteiger partial charge in [0.15, 0.2) is 0 Å². The number of hydrogen-bond donors (Lipinski definition) is 2. The lowest BCUT2D eigenvalue weighted by Crippen LogP contribution is -2.24. The van der Waals surface area contributed by atoms with E-state index in [-0.39, 0.29) is 23.0 Å². The molecule has 2 aromatic carbocycles. The Bertz CT molecular complexity index is 832. The molecule has 0 spiro atoms. The van der Waals surface area contributed by atoms with E-state index in [0.717, 1.165) is 47.7 Å². The van der Waals surface area contributed by atoms with Crippen molar-refractivity contribution < 1.29 is 14.3 Å². The van der Waals surface area contributed by atoms with Gasteiger partial charge in [-0.2, -0.15) is 0 Å². The second kappa shape index (κ2) is 10.3. The summed E-state index contributed by atoms with van der Waals surface area (Å²) in [7, 11) is 1.61. The number of carbonyl (C=O) groups is 2. The van der Waals surface area contributed by atoms with Crippen LogP contribution in [0.15, 0.2) is 53.4 Å². The number of hydrogen-bond acceptors (Lipinski definition) is 4. The molecule has 2 aromatic rings. The number of thioether (sulfide) groups is 1. The van der Waals surface area contributed by atoms with Crippen LogP contribution in [0.2, 0.25) is 0 Å². The molecule has 0 heterocycles. The van der Waals surface area contributed by atoms with Gasteiger partial charge in [-0.15, -0.1) is 11.8 Å². The molecule has 3 rings (SSSR count).